The molecule has 4 heteroatoms. The van der Waals surface area contributed by atoms with Crippen molar-refractivity contribution in [3.63, 3.8) is 0 Å². The van der Waals surface area contributed by atoms with Gasteiger partial charge in [-0.1, -0.05) is 19.1 Å². The van der Waals surface area contributed by atoms with Gasteiger partial charge in [-0.25, -0.2) is 0 Å². The van der Waals surface area contributed by atoms with Crippen molar-refractivity contribution in [3.8, 4) is 12.3 Å². The molecule has 0 aliphatic carbocycles. The summed E-state index contributed by atoms with van der Waals surface area (Å²) in [6.45, 7) is 6.82. The van der Waals surface area contributed by atoms with Gasteiger partial charge < -0.3 is 9.05 Å². The molecule has 0 bridgehead atoms. The van der Waals surface area contributed by atoms with Crippen LogP contribution in [0.3, 0.4) is 0 Å². The Kier molecular flexibility index (Phi) is 6.51. The van der Waals surface area contributed by atoms with Gasteiger partial charge in [0.15, 0.2) is 0 Å². The first kappa shape index (κ1) is 10.0. The highest BCUT2D eigenvalue weighted by molar-refractivity contribution is 7.41. The van der Waals surface area contributed by atoms with Gasteiger partial charge in [-0.3, -0.25) is 4.52 Å². The molecule has 0 aromatic rings. The number of rotatable bonds is 6. The Balaban J connectivity index is 3.60. The van der Waals surface area contributed by atoms with Crippen LogP contribution in [-0.4, -0.2) is 6.61 Å². The maximum atomic E-state index is 4.94. The molecule has 0 N–H and O–H groups in total. The third-order valence-electron chi connectivity index (χ3n) is 0.574. The van der Waals surface area contributed by atoms with E-state index in [1.807, 2.05) is 0 Å². The highest BCUT2D eigenvalue weighted by Crippen LogP contribution is 2.39. The molecule has 0 amide bonds. The lowest BCUT2D eigenvalue weighted by atomic mass is 10.8. The van der Waals surface area contributed by atoms with Gasteiger partial charge in [-0.05, 0) is 0 Å². The molecule has 0 aromatic heterocycles. The molecule has 0 radical (unpaired) electrons. The molecule has 0 saturated heterocycles. The molecule has 0 aliphatic heterocycles. The van der Waals surface area contributed by atoms with Gasteiger partial charge in [0.1, 0.15) is 6.61 Å². The fraction of sp³-hybridized carbons (Fsp3) is 0.143. The summed E-state index contributed by atoms with van der Waals surface area (Å²) in [5, 5.41) is 0. The van der Waals surface area contributed by atoms with Gasteiger partial charge in [0.05, 0.1) is 12.5 Å². The van der Waals surface area contributed by atoms with Crippen molar-refractivity contribution < 1.29 is 13.6 Å². The summed E-state index contributed by atoms with van der Waals surface area (Å²) in [6.07, 6.45) is 7.40. The minimum Gasteiger partial charge on any atom is -0.426 e. The van der Waals surface area contributed by atoms with Crippen molar-refractivity contribution in [2.24, 2.45) is 0 Å². The van der Waals surface area contributed by atoms with Crippen LogP contribution in [0.2, 0.25) is 0 Å². The monoisotopic (exact) mass is 172 g/mol. The van der Waals surface area contributed by atoms with Crippen LogP contribution in [0.1, 0.15) is 0 Å². The van der Waals surface area contributed by atoms with Crippen molar-refractivity contribution in [1.29, 1.82) is 0 Å². The molecular formula is C7H9O3P. The van der Waals surface area contributed by atoms with Crippen molar-refractivity contribution in [2.75, 3.05) is 6.61 Å². The Morgan fingerprint density at radius 1 is 1.36 bits per heavy atom. The van der Waals surface area contributed by atoms with Gasteiger partial charge >= 0.3 is 8.60 Å². The van der Waals surface area contributed by atoms with E-state index in [-0.39, 0.29) is 6.61 Å². The first-order valence-corrected chi connectivity index (χ1v) is 3.86. The van der Waals surface area contributed by atoms with E-state index in [0.29, 0.717) is 0 Å². The number of hydrogen-bond acceptors (Lipinski definition) is 3. The number of terminal acetylenes is 1. The average molecular weight is 172 g/mol. The Morgan fingerprint density at radius 2 is 1.91 bits per heavy atom. The summed E-state index contributed by atoms with van der Waals surface area (Å²) in [7, 11) is -1.45. The van der Waals surface area contributed by atoms with E-state index in [4.69, 9.17) is 20.0 Å². The van der Waals surface area contributed by atoms with E-state index in [9.17, 15) is 0 Å². The minimum absolute atomic E-state index is 0.146. The normalized spacial score (nSPS) is 8.36. The second-order valence-electron chi connectivity index (χ2n) is 1.25. The molecule has 0 aliphatic rings. The lowest BCUT2D eigenvalue weighted by molar-refractivity contribution is 0.261. The van der Waals surface area contributed by atoms with E-state index in [1.54, 1.807) is 0 Å². The summed E-state index contributed by atoms with van der Waals surface area (Å²) >= 11 is 0. The van der Waals surface area contributed by atoms with Crippen molar-refractivity contribution in [3.05, 3.63) is 25.7 Å². The fourth-order valence-electron chi connectivity index (χ4n) is 0.297. The zero-order valence-corrected chi connectivity index (χ0v) is 6.92. The van der Waals surface area contributed by atoms with Crippen molar-refractivity contribution >= 4 is 8.60 Å². The maximum Gasteiger partial charge on any atom is 0.462 e. The summed E-state index contributed by atoms with van der Waals surface area (Å²) in [5.41, 5.74) is 0. The SMILES string of the molecule is C#CCOP(OC=C)OC=C. The lowest BCUT2D eigenvalue weighted by Crippen LogP contribution is -1.87. The van der Waals surface area contributed by atoms with Gasteiger partial charge in [-0.15, -0.1) is 6.42 Å². The summed E-state index contributed by atoms with van der Waals surface area (Å²) in [5.74, 6) is 2.28. The standard InChI is InChI=1S/C7H9O3P/c1-4-7-10-11(8-5-2)9-6-3/h1,5-6H,2-3,7H2. The second kappa shape index (κ2) is 7.14. The highest BCUT2D eigenvalue weighted by atomic mass is 31.2. The molecule has 0 spiro atoms. The second-order valence-corrected chi connectivity index (χ2v) is 2.37. The summed E-state index contributed by atoms with van der Waals surface area (Å²) in [6, 6.07) is 0. The first-order chi connectivity index (χ1) is 5.35. The largest absolute Gasteiger partial charge is 0.462 e. The van der Waals surface area contributed by atoms with E-state index < -0.39 is 8.60 Å². The van der Waals surface area contributed by atoms with Crippen LogP contribution >= 0.6 is 8.60 Å². The molecule has 0 fully saturated rings. The Labute approximate surface area is 67.6 Å². The van der Waals surface area contributed by atoms with Gasteiger partial charge in [0.25, 0.3) is 0 Å². The molecule has 0 atom stereocenters. The predicted octanol–water partition coefficient (Wildman–Crippen LogP) is 2.18. The molecule has 0 unspecified atom stereocenters. The van der Waals surface area contributed by atoms with Crippen LogP contribution in [0, 0.1) is 12.3 Å². The molecule has 11 heavy (non-hydrogen) atoms. The van der Waals surface area contributed by atoms with Gasteiger partial charge in [-0.2, -0.15) is 0 Å². The highest BCUT2D eigenvalue weighted by Gasteiger charge is 2.09. The van der Waals surface area contributed by atoms with E-state index >= 15 is 0 Å². The third kappa shape index (κ3) is 5.47. The third-order valence-corrected chi connectivity index (χ3v) is 1.56. The molecule has 0 aromatic carbocycles. The van der Waals surface area contributed by atoms with Crippen LogP contribution in [0.4, 0.5) is 0 Å². The smallest absolute Gasteiger partial charge is 0.426 e. The van der Waals surface area contributed by atoms with E-state index in [2.05, 4.69) is 19.1 Å². The maximum absolute atomic E-state index is 4.94. The zero-order valence-electron chi connectivity index (χ0n) is 6.03. The molecule has 0 heterocycles. The van der Waals surface area contributed by atoms with Gasteiger partial charge in [0.2, 0.25) is 0 Å². The topological polar surface area (TPSA) is 27.7 Å². The average Bonchev–Trinajstić information content (AvgIpc) is 2.01. The van der Waals surface area contributed by atoms with Crippen molar-refractivity contribution in [2.45, 2.75) is 0 Å². The van der Waals surface area contributed by atoms with Crippen LogP contribution in [0.5, 0.6) is 0 Å². The Bertz CT molecular complexity index is 152. The number of hydrogen-bond donors (Lipinski definition) is 0. The lowest BCUT2D eigenvalue weighted by Gasteiger charge is -2.09. The Hall–Kier alpha value is -0.970. The van der Waals surface area contributed by atoms with Crippen LogP contribution in [0.15, 0.2) is 25.7 Å². The minimum atomic E-state index is -1.45. The summed E-state index contributed by atoms with van der Waals surface area (Å²) < 4.78 is 14.5. The zero-order chi connectivity index (χ0) is 8.53. The quantitative estimate of drug-likeness (QED) is 0.349. The van der Waals surface area contributed by atoms with E-state index in [1.165, 1.54) is 12.5 Å². The molecular weight excluding hydrogens is 163 g/mol. The van der Waals surface area contributed by atoms with Gasteiger partial charge in [0, 0.05) is 0 Å². The summed E-state index contributed by atoms with van der Waals surface area (Å²) in [4.78, 5) is 0. The van der Waals surface area contributed by atoms with Crippen LogP contribution < -0.4 is 0 Å². The van der Waals surface area contributed by atoms with E-state index in [0.717, 1.165) is 0 Å². The van der Waals surface area contributed by atoms with Crippen LogP contribution in [-0.2, 0) is 13.6 Å². The van der Waals surface area contributed by atoms with Crippen molar-refractivity contribution in [1.82, 2.24) is 0 Å². The van der Waals surface area contributed by atoms with Crippen LogP contribution in [0.25, 0.3) is 0 Å². The molecule has 0 saturated carbocycles. The fourth-order valence-corrected chi connectivity index (χ4v) is 0.892. The molecule has 0 rings (SSSR count). The first-order valence-electron chi connectivity index (χ1n) is 2.77. The predicted molar refractivity (Wildman–Crippen MR) is 44.3 cm³/mol. The Morgan fingerprint density at radius 3 is 2.27 bits per heavy atom. The molecule has 60 valence electrons. The molecule has 3 nitrogen and oxygen atoms in total.